The van der Waals surface area contributed by atoms with Crippen molar-refractivity contribution < 1.29 is 0 Å². The molecule has 1 saturated carbocycles. The first-order valence-electron chi connectivity index (χ1n) is 11.5. The Morgan fingerprint density at radius 2 is 1.42 bits per heavy atom. The van der Waals surface area contributed by atoms with Crippen LogP contribution in [0.2, 0.25) is 0 Å². The normalized spacial score (nSPS) is 26.9. The van der Waals surface area contributed by atoms with Gasteiger partial charge in [-0.05, 0) is 71.9 Å². The summed E-state index contributed by atoms with van der Waals surface area (Å²) in [5.41, 5.74) is 0.619. The van der Waals surface area contributed by atoms with Crippen LogP contribution in [0.25, 0.3) is 0 Å². The quantitative estimate of drug-likeness (QED) is 0.610. The fourth-order valence-electron chi connectivity index (χ4n) is 4.20. The molecule has 3 nitrogen and oxygen atoms in total. The van der Waals surface area contributed by atoms with Crippen LogP contribution in [-0.2, 0) is 0 Å². The van der Waals surface area contributed by atoms with Gasteiger partial charge in [-0.25, -0.2) is 0 Å². The molecule has 0 amide bonds. The van der Waals surface area contributed by atoms with E-state index < -0.39 is 0 Å². The van der Waals surface area contributed by atoms with Crippen molar-refractivity contribution in [3.63, 3.8) is 0 Å². The zero-order valence-corrected chi connectivity index (χ0v) is 19.9. The molecule has 1 heterocycles. The largest absolute Gasteiger partial charge is 0.304 e. The van der Waals surface area contributed by atoms with Gasteiger partial charge in [-0.15, -0.1) is 0 Å². The van der Waals surface area contributed by atoms with Gasteiger partial charge in [-0.2, -0.15) is 0 Å². The molecule has 2 aliphatic rings. The lowest BCUT2D eigenvalue weighted by Gasteiger charge is -2.49. The van der Waals surface area contributed by atoms with Crippen molar-refractivity contribution >= 4 is 0 Å². The molecule has 0 atom stereocenters. The second-order valence-electron chi connectivity index (χ2n) is 8.84. The average Bonchev–Trinajstić information content (AvgIpc) is 2.62. The van der Waals surface area contributed by atoms with Crippen LogP contribution >= 0.6 is 0 Å². The van der Waals surface area contributed by atoms with Gasteiger partial charge >= 0.3 is 0 Å². The molecule has 3 heteroatoms. The van der Waals surface area contributed by atoms with Crippen LogP contribution in [0.3, 0.4) is 0 Å². The van der Waals surface area contributed by atoms with E-state index >= 15 is 0 Å². The van der Waals surface area contributed by atoms with Crippen LogP contribution in [0.4, 0.5) is 0 Å². The predicted molar refractivity (Wildman–Crippen MR) is 119 cm³/mol. The Kier molecular flexibility index (Phi) is 13.1. The van der Waals surface area contributed by atoms with Crippen molar-refractivity contribution in [3.8, 4) is 0 Å². The predicted octanol–water partition coefficient (Wildman–Crippen LogP) is 5.21. The zero-order valence-electron chi connectivity index (χ0n) is 19.9. The maximum absolute atomic E-state index is 2.71. The zero-order chi connectivity index (χ0) is 20.3. The SMILES string of the molecule is CC.CC.CC(C)N(C)CCC1(C)CC(CN2CCN(C(C)C)CC2)C1. The average molecular weight is 370 g/mol. The molecule has 0 aromatic heterocycles. The molecule has 2 fully saturated rings. The van der Waals surface area contributed by atoms with Crippen LogP contribution in [0, 0.1) is 11.3 Å². The van der Waals surface area contributed by atoms with Crippen molar-refractivity contribution in [2.24, 2.45) is 11.3 Å². The third-order valence-electron chi connectivity index (χ3n) is 6.17. The van der Waals surface area contributed by atoms with Crippen LogP contribution in [0.15, 0.2) is 0 Å². The molecule has 0 N–H and O–H groups in total. The van der Waals surface area contributed by atoms with E-state index in [4.69, 9.17) is 0 Å². The number of hydrogen-bond acceptors (Lipinski definition) is 3. The lowest BCUT2D eigenvalue weighted by molar-refractivity contribution is 0.0133. The third-order valence-corrected chi connectivity index (χ3v) is 6.17. The summed E-state index contributed by atoms with van der Waals surface area (Å²) in [6.07, 6.45) is 4.27. The lowest BCUT2D eigenvalue weighted by atomic mass is 9.61. The highest BCUT2D eigenvalue weighted by atomic mass is 15.3. The van der Waals surface area contributed by atoms with Crippen LogP contribution in [-0.4, -0.2) is 73.1 Å². The van der Waals surface area contributed by atoms with Gasteiger partial charge in [0.1, 0.15) is 0 Å². The van der Waals surface area contributed by atoms with Gasteiger partial charge in [-0.3, -0.25) is 4.90 Å². The van der Waals surface area contributed by atoms with E-state index in [1.54, 1.807) is 0 Å². The number of nitrogens with zero attached hydrogens (tertiary/aromatic N) is 3. The Labute approximate surface area is 166 Å². The maximum atomic E-state index is 2.71. The fourth-order valence-corrected chi connectivity index (χ4v) is 4.20. The molecule has 0 aromatic carbocycles. The summed E-state index contributed by atoms with van der Waals surface area (Å²) in [7, 11) is 2.26. The molecule has 1 saturated heterocycles. The summed E-state index contributed by atoms with van der Waals surface area (Å²) in [6.45, 7) is 27.4. The molecule has 0 spiro atoms. The lowest BCUT2D eigenvalue weighted by Crippen LogP contribution is -2.51. The van der Waals surface area contributed by atoms with Gasteiger partial charge < -0.3 is 9.80 Å². The first kappa shape index (κ1) is 25.9. The Balaban J connectivity index is 0.00000146. The third kappa shape index (κ3) is 8.71. The summed E-state index contributed by atoms with van der Waals surface area (Å²) >= 11 is 0. The van der Waals surface area contributed by atoms with Gasteiger partial charge in [-0.1, -0.05) is 34.6 Å². The summed E-state index contributed by atoms with van der Waals surface area (Å²) in [4.78, 5) is 7.82. The van der Waals surface area contributed by atoms with Crippen molar-refractivity contribution in [3.05, 3.63) is 0 Å². The van der Waals surface area contributed by atoms with E-state index in [1.165, 1.54) is 58.5 Å². The number of piperazine rings is 1. The standard InChI is InChI=1S/C19H39N3.2C2H6/c1-16(2)20(6)8-7-19(5)13-18(14-19)15-21-9-11-22(12-10-21)17(3)4;2*1-2/h16-18H,7-15H2,1-6H3;2*1-2H3. The van der Waals surface area contributed by atoms with E-state index in [1.807, 2.05) is 27.7 Å². The molecule has 1 aliphatic heterocycles. The minimum Gasteiger partial charge on any atom is -0.304 e. The van der Waals surface area contributed by atoms with Crippen molar-refractivity contribution in [1.29, 1.82) is 0 Å². The Hall–Kier alpha value is -0.120. The van der Waals surface area contributed by atoms with Gasteiger partial charge in [0.25, 0.3) is 0 Å². The second-order valence-corrected chi connectivity index (χ2v) is 8.84. The highest BCUT2D eigenvalue weighted by Gasteiger charge is 2.40. The number of hydrogen-bond donors (Lipinski definition) is 0. The second kappa shape index (κ2) is 13.1. The van der Waals surface area contributed by atoms with E-state index in [9.17, 15) is 0 Å². The molecule has 158 valence electrons. The van der Waals surface area contributed by atoms with E-state index in [2.05, 4.69) is 56.4 Å². The Bertz CT molecular complexity index is 326. The van der Waals surface area contributed by atoms with Crippen molar-refractivity contribution in [2.75, 3.05) is 46.3 Å². The molecule has 0 radical (unpaired) electrons. The summed E-state index contributed by atoms with van der Waals surface area (Å²) in [5, 5.41) is 0. The molecule has 0 bridgehead atoms. The van der Waals surface area contributed by atoms with Gasteiger partial charge in [0.2, 0.25) is 0 Å². The van der Waals surface area contributed by atoms with Crippen LogP contribution < -0.4 is 0 Å². The number of rotatable bonds is 7. The van der Waals surface area contributed by atoms with Gasteiger partial charge in [0, 0.05) is 44.8 Å². The topological polar surface area (TPSA) is 9.72 Å². The molecule has 26 heavy (non-hydrogen) atoms. The van der Waals surface area contributed by atoms with Crippen molar-refractivity contribution in [2.45, 2.75) is 93.7 Å². The first-order valence-corrected chi connectivity index (χ1v) is 11.5. The molecule has 2 rings (SSSR count). The molecule has 0 aromatic rings. The van der Waals surface area contributed by atoms with Gasteiger partial charge in [0.15, 0.2) is 0 Å². The summed E-state index contributed by atoms with van der Waals surface area (Å²) in [5.74, 6) is 0.958. The monoisotopic (exact) mass is 369 g/mol. The molecular weight excluding hydrogens is 318 g/mol. The smallest absolute Gasteiger partial charge is 0.0113 e. The van der Waals surface area contributed by atoms with Crippen molar-refractivity contribution in [1.82, 2.24) is 14.7 Å². The summed E-state index contributed by atoms with van der Waals surface area (Å²) in [6, 6.07) is 1.39. The van der Waals surface area contributed by atoms with Crippen LogP contribution in [0.1, 0.15) is 81.6 Å². The van der Waals surface area contributed by atoms with E-state index in [-0.39, 0.29) is 0 Å². The molecule has 1 aliphatic carbocycles. The van der Waals surface area contributed by atoms with Crippen LogP contribution in [0.5, 0.6) is 0 Å². The Morgan fingerprint density at radius 3 is 1.85 bits per heavy atom. The Morgan fingerprint density at radius 1 is 0.923 bits per heavy atom. The molecular formula is C23H51N3. The van der Waals surface area contributed by atoms with E-state index in [0.717, 1.165) is 5.92 Å². The highest BCUT2D eigenvalue weighted by molar-refractivity contribution is 4.92. The minimum absolute atomic E-state index is 0.619. The van der Waals surface area contributed by atoms with E-state index in [0.29, 0.717) is 17.5 Å². The molecule has 0 unspecified atom stereocenters. The highest BCUT2D eigenvalue weighted by Crippen LogP contribution is 2.48. The maximum Gasteiger partial charge on any atom is 0.0113 e. The first-order chi connectivity index (χ1) is 12.3. The fraction of sp³-hybridized carbons (Fsp3) is 1.00. The summed E-state index contributed by atoms with van der Waals surface area (Å²) < 4.78 is 0. The van der Waals surface area contributed by atoms with Gasteiger partial charge in [0.05, 0.1) is 0 Å². The minimum atomic E-state index is 0.619.